The molecule has 33 heteroatoms. The second-order valence-electron chi connectivity index (χ2n) is 39.0. The molecule has 24 rings (SSSR count). The molecule has 0 atom stereocenters. The van der Waals surface area contributed by atoms with Gasteiger partial charge in [-0.1, -0.05) is 73.3 Å². The van der Waals surface area contributed by atoms with Crippen molar-refractivity contribution in [3.05, 3.63) is 264 Å². The molecular formula is C110H113I2N13O16S2. The van der Waals surface area contributed by atoms with E-state index in [9.17, 15) is 36.9 Å². The lowest BCUT2D eigenvalue weighted by molar-refractivity contribution is -0.00922. The summed E-state index contributed by atoms with van der Waals surface area (Å²) in [6.45, 7) is 29.4. The zero-order valence-electron chi connectivity index (χ0n) is 82.5. The molecule has 13 heterocycles. The molecule has 0 radical (unpaired) electrons. The Bertz CT molecular complexity index is 7850. The number of carbonyl (C=O) groups is 1. The predicted octanol–water partition coefficient (Wildman–Crippen LogP) is 23.1. The summed E-state index contributed by atoms with van der Waals surface area (Å²) in [6.07, 6.45) is 32.9. The van der Waals surface area contributed by atoms with Crippen LogP contribution >= 0.6 is 45.2 Å². The molecule has 3 N–H and O–H groups in total. The molecule has 0 amide bonds. The molecule has 16 aromatic rings. The van der Waals surface area contributed by atoms with E-state index in [0.29, 0.717) is 98.4 Å². The average molecular weight is 2190 g/mol. The Hall–Kier alpha value is -12.1. The van der Waals surface area contributed by atoms with Gasteiger partial charge in [0.05, 0.1) is 123 Å². The zero-order valence-corrected chi connectivity index (χ0v) is 88.4. The molecule has 143 heavy (non-hydrogen) atoms. The van der Waals surface area contributed by atoms with Crippen LogP contribution in [0.5, 0.6) is 11.5 Å². The Labute approximate surface area is 856 Å². The minimum atomic E-state index is -3.91. The minimum absolute atomic E-state index is 0.144. The number of allylic oxidation sites excluding steroid dienone is 2. The number of pyridine rings is 5. The van der Waals surface area contributed by atoms with E-state index < -0.39 is 42.8 Å². The number of aliphatic hydroxyl groups is 3. The van der Waals surface area contributed by atoms with Gasteiger partial charge in [-0.25, -0.2) is 29.6 Å². The minimum Gasteiger partial charge on any atom is -0.492 e. The number of carbonyl (C=O) groups excluding carboxylic acids is 1. The summed E-state index contributed by atoms with van der Waals surface area (Å²) in [4.78, 5) is 36.7. The van der Waals surface area contributed by atoms with Crippen LogP contribution in [-0.4, -0.2) is 127 Å². The predicted molar refractivity (Wildman–Crippen MR) is 559 cm³/mol. The fourth-order valence-electron chi connectivity index (χ4n) is 21.1. The van der Waals surface area contributed by atoms with E-state index in [1.54, 1.807) is 92.4 Å². The SMILES string of the molecule is CCOC(=O)c1cc(OCC)c(-n2cc(C(O)(C3CC3)C3CC3)c3ncc(-c4c(C)noc4C)cc32)c(OCC)c1.Cc1ccc(S(=O)(=O)n2cc(C(O)(C3CC3)C3CC3)c3ncc(-c4c(C)noc4C)cc32)cc1.Cc1ccc(S(=O)(=O)n2cc(I)c3ncc(-c4c(C)noc4C)cc32)cc1.Cc1noc(C)c1-c1cnc2c(c1)CC=C2C(O)(C1CC1)C1CC1.Cc1noc(C)c1-c1cnc2c(c1)CC=C2I. The molecule has 8 aliphatic carbocycles. The number of nitrogens with zero attached hydrogens (tertiary/aromatic N) is 13. The zero-order chi connectivity index (χ0) is 101. The van der Waals surface area contributed by atoms with E-state index >= 15 is 0 Å². The van der Waals surface area contributed by atoms with E-state index in [1.807, 2.05) is 138 Å². The second-order valence-corrected chi connectivity index (χ2v) is 45.0. The molecule has 29 nitrogen and oxygen atoms in total. The van der Waals surface area contributed by atoms with Gasteiger partial charge in [0, 0.05) is 125 Å². The normalized spacial score (nSPS) is 15.7. The fourth-order valence-corrected chi connectivity index (χ4v) is 25.4. The van der Waals surface area contributed by atoms with Crippen molar-refractivity contribution in [2.45, 2.75) is 220 Å². The first-order chi connectivity index (χ1) is 68.6. The van der Waals surface area contributed by atoms with Crippen LogP contribution in [0.2, 0.25) is 0 Å². The number of halogens is 2. The van der Waals surface area contributed by atoms with Crippen LogP contribution in [0.1, 0.15) is 210 Å². The van der Waals surface area contributed by atoms with Gasteiger partial charge in [0.1, 0.15) is 51.5 Å². The molecule has 0 saturated heterocycles. The number of fused-ring (bicyclic) bond motifs is 5. The number of hydrogen-bond acceptors (Lipinski definition) is 26. The highest BCUT2D eigenvalue weighted by Gasteiger charge is 2.59. The molecule has 6 fully saturated rings. The molecule has 13 aromatic heterocycles. The van der Waals surface area contributed by atoms with E-state index in [4.69, 9.17) is 51.8 Å². The van der Waals surface area contributed by atoms with E-state index in [0.717, 1.165) is 228 Å². The number of hydrogen-bond donors (Lipinski definition) is 3. The summed E-state index contributed by atoms with van der Waals surface area (Å²) in [7, 11) is -7.65. The van der Waals surface area contributed by atoms with Crippen LogP contribution in [0.3, 0.4) is 0 Å². The molecule has 0 spiro atoms. The highest BCUT2D eigenvalue weighted by atomic mass is 127. The molecule has 0 aliphatic heterocycles. The summed E-state index contributed by atoms with van der Waals surface area (Å²) in [5, 5.41) is 55.8. The molecule has 0 unspecified atom stereocenters. The summed E-state index contributed by atoms with van der Waals surface area (Å²) in [5.41, 5.74) is 24.4. The first-order valence-corrected chi connectivity index (χ1v) is 53.9. The molecule has 0 bridgehead atoms. The van der Waals surface area contributed by atoms with Crippen molar-refractivity contribution in [2.24, 2.45) is 35.5 Å². The Kier molecular flexibility index (Phi) is 26.4. The summed E-state index contributed by atoms with van der Waals surface area (Å²) < 4.78 is 105. The van der Waals surface area contributed by atoms with Gasteiger partial charge >= 0.3 is 5.97 Å². The molecule has 740 valence electrons. The van der Waals surface area contributed by atoms with Gasteiger partial charge in [-0.2, -0.15) is 0 Å². The van der Waals surface area contributed by atoms with E-state index in [2.05, 4.69) is 111 Å². The van der Waals surface area contributed by atoms with Crippen molar-refractivity contribution in [1.29, 1.82) is 0 Å². The van der Waals surface area contributed by atoms with Crippen LogP contribution < -0.4 is 9.47 Å². The average Bonchev–Trinajstić information content (AvgIpc) is 1.55. The third kappa shape index (κ3) is 18.3. The smallest absolute Gasteiger partial charge is 0.338 e. The quantitative estimate of drug-likeness (QED) is 0.0353. The summed E-state index contributed by atoms with van der Waals surface area (Å²) >= 11 is 4.43. The maximum atomic E-state index is 13.8. The number of rotatable bonds is 25. The lowest BCUT2D eigenvalue weighted by atomic mass is 9.82. The van der Waals surface area contributed by atoms with Gasteiger partial charge in [0.15, 0.2) is 0 Å². The maximum Gasteiger partial charge on any atom is 0.338 e. The van der Waals surface area contributed by atoms with Crippen molar-refractivity contribution in [2.75, 3.05) is 19.8 Å². The Morgan fingerprint density at radius 2 is 0.741 bits per heavy atom. The third-order valence-corrected chi connectivity index (χ3v) is 34.0. The van der Waals surface area contributed by atoms with Crippen LogP contribution in [-0.2, 0) is 48.8 Å². The summed E-state index contributed by atoms with van der Waals surface area (Å²) in [5.74, 6) is 5.79. The highest BCUT2D eigenvalue weighted by Crippen LogP contribution is 2.62. The number of aromatic nitrogens is 13. The van der Waals surface area contributed by atoms with Crippen LogP contribution in [0, 0.1) is 122 Å². The number of aryl methyl sites for hydroxylation is 12. The Morgan fingerprint density at radius 1 is 0.406 bits per heavy atom. The van der Waals surface area contributed by atoms with Gasteiger partial charge < -0.3 is 56.7 Å². The van der Waals surface area contributed by atoms with Crippen molar-refractivity contribution in [3.8, 4) is 72.8 Å². The van der Waals surface area contributed by atoms with Crippen LogP contribution in [0.4, 0.5) is 0 Å². The topological polar surface area (TPSA) is 383 Å². The summed E-state index contributed by atoms with van der Waals surface area (Å²) in [6, 6.07) is 27.1. The first-order valence-electron chi connectivity index (χ1n) is 48.9. The number of esters is 1. The van der Waals surface area contributed by atoms with Gasteiger partial charge in [-0.3, -0.25) is 24.9 Å². The molecule has 6 saturated carbocycles. The fraction of sp³-hybridized carbons (Fsp3) is 0.373. The molecule has 3 aromatic carbocycles. The number of benzene rings is 3. The Balaban J connectivity index is 0.000000112. The van der Waals surface area contributed by atoms with Crippen molar-refractivity contribution < 1.29 is 73.8 Å². The monoisotopic (exact) mass is 2190 g/mol. The van der Waals surface area contributed by atoms with Gasteiger partial charge in [0.2, 0.25) is 0 Å². The molecule has 8 aliphatic rings. The van der Waals surface area contributed by atoms with Crippen molar-refractivity contribution in [3.63, 3.8) is 0 Å². The first kappa shape index (κ1) is 98.3. The van der Waals surface area contributed by atoms with E-state index in [-0.39, 0.29) is 40.1 Å². The van der Waals surface area contributed by atoms with Gasteiger partial charge in [0.25, 0.3) is 20.0 Å². The molecular weight excluding hydrogens is 2080 g/mol. The van der Waals surface area contributed by atoms with E-state index in [1.165, 1.54) is 22.7 Å². The lowest BCUT2D eigenvalue weighted by Crippen LogP contribution is -2.35. The van der Waals surface area contributed by atoms with Crippen LogP contribution in [0.25, 0.3) is 104 Å². The van der Waals surface area contributed by atoms with Crippen molar-refractivity contribution in [1.82, 2.24) is 63.2 Å². The Morgan fingerprint density at radius 3 is 1.13 bits per heavy atom. The maximum absolute atomic E-state index is 13.8. The van der Waals surface area contributed by atoms with Gasteiger partial charge in [-0.15, -0.1) is 0 Å². The highest BCUT2D eigenvalue weighted by molar-refractivity contribution is 14.1. The van der Waals surface area contributed by atoms with Crippen LogP contribution in [0.15, 0.2) is 185 Å². The van der Waals surface area contributed by atoms with Gasteiger partial charge in [-0.05, 0) is 352 Å². The standard InChI is InChI=1S/C32H37N3O6.C26H27N3O4S.C20H22N2O2.C19H16IN3O3S.C13H11IN2O/c1-6-38-26-14-20(31(36)40-8-3)15-27(39-7-2)30(26)35-17-24(32(37,22-9-10-22)23-11-12-23)29-25(35)13-21(16-33-29)28-18(4)34-41-19(28)5;1-15-4-10-21(11-5-15)34(31,32)29-14-22(26(30,19-6-7-19)20-8-9-20)25-23(29)12-18(13-27-25)24-16(2)28-33-17(24)3;1-11-18(12(2)24-22-11)14-9-13-3-8-17(19(13)21-10-14)20(23,15-4-5-15)16-6-7-16;1-11-4-6-15(7-5-11)27(24,25)23-10-16(20)19-17(23)8-14(9-21-19)18-12(2)22-26-13(18)3;1-7-12(8(2)17-16-7)10-5-9-3-4-11(14)13(9)15-6-10/h13-17,22-23,37H,6-12H2,1-5H3;4-5,10-14,19-20,30H,6-9H2,1-3H3;8-10,15-16,23H,3-7H2,1-2H3;4-10H,1-3H3;4-6H,3H2,1-2H3. The largest absolute Gasteiger partial charge is 0.492 e. The second kappa shape index (κ2) is 38.4. The number of ether oxygens (including phenoxy) is 3. The van der Waals surface area contributed by atoms with Crippen molar-refractivity contribution >= 4 is 113 Å². The lowest BCUT2D eigenvalue weighted by Gasteiger charge is -2.30. The third-order valence-electron chi connectivity index (χ3n) is 28.9.